The molecule has 4 heteroatoms. The van der Waals surface area contributed by atoms with E-state index in [2.05, 4.69) is 0 Å². The molecule has 0 aromatic carbocycles. The van der Waals surface area contributed by atoms with Crippen LogP contribution in [0.2, 0.25) is 0 Å². The highest BCUT2D eigenvalue weighted by atomic mass is 35.5. The molecule has 0 saturated carbocycles. The first-order valence-corrected chi connectivity index (χ1v) is 3.67. The van der Waals surface area contributed by atoms with Gasteiger partial charge in [0.15, 0.2) is 0 Å². The summed E-state index contributed by atoms with van der Waals surface area (Å²) in [5, 5.41) is 8.36. The van der Waals surface area contributed by atoms with Crippen LogP contribution in [-0.2, 0) is 0 Å². The first-order chi connectivity index (χ1) is 3.72. The molecule has 1 nitrogen and oxygen atoms in total. The Bertz CT molecular complexity index is 51.2. The molecule has 0 radical (unpaired) electrons. The maximum absolute atomic E-state index is 8.78. The van der Waals surface area contributed by atoms with Crippen LogP contribution in [0.25, 0.3) is 0 Å². The van der Waals surface area contributed by atoms with E-state index in [1.165, 1.54) is 0 Å². The molecule has 8 heavy (non-hydrogen) atoms. The lowest BCUT2D eigenvalue weighted by Crippen LogP contribution is -2.23. The third-order valence-electron chi connectivity index (χ3n) is 0.723. The molecule has 0 bridgehead atoms. The Morgan fingerprint density at radius 3 is 1.88 bits per heavy atom. The van der Waals surface area contributed by atoms with Crippen LogP contribution >= 0.6 is 34.8 Å². The topological polar surface area (TPSA) is 20.2 Å². The van der Waals surface area contributed by atoms with Gasteiger partial charge in [-0.3, -0.25) is 0 Å². The van der Waals surface area contributed by atoms with Gasteiger partial charge in [-0.25, -0.2) is 0 Å². The van der Waals surface area contributed by atoms with Gasteiger partial charge >= 0.3 is 0 Å². The van der Waals surface area contributed by atoms with Crippen molar-refractivity contribution in [2.75, 3.05) is 11.8 Å². The fraction of sp³-hybridized carbons (Fsp3) is 1.00. The Morgan fingerprint density at radius 1 is 1.25 bits per heavy atom. The molecule has 1 N–H and O–H groups in total. The Morgan fingerprint density at radius 2 is 1.75 bits per heavy atom. The minimum absolute atomic E-state index is 0.140. The average molecular weight is 177 g/mol. The minimum atomic E-state index is -0.684. The molecule has 50 valence electrons. The normalized spacial score (nSPS) is 18.0. The summed E-state index contributed by atoms with van der Waals surface area (Å²) in [6, 6.07) is 0. The third-order valence-corrected chi connectivity index (χ3v) is 1.97. The second-order valence-corrected chi connectivity index (χ2v) is 2.57. The summed E-state index contributed by atoms with van der Waals surface area (Å²) in [7, 11) is 0. The molecule has 0 saturated heterocycles. The number of aliphatic hydroxyl groups is 1. The van der Waals surface area contributed by atoms with Gasteiger partial charge in [-0.05, 0) is 0 Å². The molecule has 0 rings (SSSR count). The van der Waals surface area contributed by atoms with Gasteiger partial charge in [-0.1, -0.05) is 0 Å². The van der Waals surface area contributed by atoms with Gasteiger partial charge in [0.05, 0.1) is 11.5 Å². The van der Waals surface area contributed by atoms with Gasteiger partial charge in [0.1, 0.15) is 0 Å². The molecule has 0 amide bonds. The smallest absolute Gasteiger partial charge is 0.0850 e. The molecule has 2 atom stereocenters. The molecule has 0 spiro atoms. The van der Waals surface area contributed by atoms with Crippen LogP contribution in [-0.4, -0.2) is 28.3 Å². The zero-order valence-corrected chi connectivity index (χ0v) is 6.42. The lowest BCUT2D eigenvalue weighted by Gasteiger charge is -2.09. The molecular formula is C4H7Cl3O. The van der Waals surface area contributed by atoms with Gasteiger partial charge in [0.25, 0.3) is 0 Å². The summed E-state index contributed by atoms with van der Waals surface area (Å²) < 4.78 is 0. The van der Waals surface area contributed by atoms with E-state index in [0.29, 0.717) is 0 Å². The van der Waals surface area contributed by atoms with Crippen LogP contribution in [0, 0.1) is 0 Å². The largest absolute Gasteiger partial charge is 0.390 e. The molecule has 0 aromatic rings. The van der Waals surface area contributed by atoms with Gasteiger partial charge < -0.3 is 5.11 Å². The zero-order chi connectivity index (χ0) is 6.57. The van der Waals surface area contributed by atoms with Crippen molar-refractivity contribution < 1.29 is 5.11 Å². The molecule has 0 heterocycles. The van der Waals surface area contributed by atoms with Crippen LogP contribution in [0.1, 0.15) is 0 Å². The van der Waals surface area contributed by atoms with E-state index in [4.69, 9.17) is 39.9 Å². The Hall–Kier alpha value is 0.830. The quantitative estimate of drug-likeness (QED) is 0.647. The minimum Gasteiger partial charge on any atom is -0.390 e. The van der Waals surface area contributed by atoms with Crippen molar-refractivity contribution in [3.8, 4) is 0 Å². The number of halogens is 3. The highest BCUT2D eigenvalue weighted by molar-refractivity contribution is 6.29. The molecule has 0 fully saturated rings. The second-order valence-electron chi connectivity index (χ2n) is 1.39. The maximum Gasteiger partial charge on any atom is 0.0850 e. The average Bonchev–Trinajstić information content (AvgIpc) is 1.84. The second kappa shape index (κ2) is 4.68. The van der Waals surface area contributed by atoms with Crippen LogP contribution in [0.4, 0.5) is 0 Å². The van der Waals surface area contributed by atoms with Crippen molar-refractivity contribution in [3.05, 3.63) is 0 Å². The van der Waals surface area contributed by atoms with Crippen molar-refractivity contribution in [1.82, 2.24) is 0 Å². The lowest BCUT2D eigenvalue weighted by atomic mass is 10.3. The standard InChI is InChI=1S/C4H7Cl3O/c5-1-3(7)4(8)2-6/h3-4,8H,1-2H2. The first kappa shape index (κ1) is 8.83. The Kier molecular flexibility index (Phi) is 5.17. The van der Waals surface area contributed by atoms with Gasteiger partial charge in [0, 0.05) is 11.8 Å². The molecular weight excluding hydrogens is 170 g/mol. The number of aliphatic hydroxyl groups excluding tert-OH is 1. The highest BCUT2D eigenvalue weighted by Crippen LogP contribution is 2.05. The zero-order valence-electron chi connectivity index (χ0n) is 4.15. The number of alkyl halides is 3. The van der Waals surface area contributed by atoms with Crippen molar-refractivity contribution in [1.29, 1.82) is 0 Å². The maximum atomic E-state index is 8.78. The summed E-state index contributed by atoms with van der Waals surface area (Å²) in [5.41, 5.74) is 0. The van der Waals surface area contributed by atoms with Crippen LogP contribution in [0.3, 0.4) is 0 Å². The van der Waals surface area contributed by atoms with E-state index in [1.54, 1.807) is 0 Å². The highest BCUT2D eigenvalue weighted by Gasteiger charge is 2.12. The van der Waals surface area contributed by atoms with Gasteiger partial charge in [-0.15, -0.1) is 34.8 Å². The summed E-state index contributed by atoms with van der Waals surface area (Å²) in [6.45, 7) is 0. The molecule has 0 aliphatic heterocycles. The van der Waals surface area contributed by atoms with Gasteiger partial charge in [-0.2, -0.15) is 0 Å². The van der Waals surface area contributed by atoms with E-state index in [1.807, 2.05) is 0 Å². The van der Waals surface area contributed by atoms with Crippen molar-refractivity contribution in [2.24, 2.45) is 0 Å². The fourth-order valence-corrected chi connectivity index (χ4v) is 0.801. The van der Waals surface area contributed by atoms with E-state index in [-0.39, 0.29) is 11.8 Å². The summed E-state index contributed by atoms with van der Waals surface area (Å²) >= 11 is 16.0. The first-order valence-electron chi connectivity index (χ1n) is 2.16. The number of rotatable bonds is 3. The van der Waals surface area contributed by atoms with Crippen molar-refractivity contribution >= 4 is 34.8 Å². The summed E-state index contributed by atoms with van der Waals surface area (Å²) in [5.74, 6) is 0.371. The fourth-order valence-electron chi connectivity index (χ4n) is 0.200. The molecule has 0 aliphatic carbocycles. The van der Waals surface area contributed by atoms with E-state index in [0.717, 1.165) is 0 Å². The van der Waals surface area contributed by atoms with E-state index < -0.39 is 11.5 Å². The van der Waals surface area contributed by atoms with E-state index >= 15 is 0 Å². The molecule has 2 unspecified atom stereocenters. The van der Waals surface area contributed by atoms with Crippen LogP contribution in [0.5, 0.6) is 0 Å². The van der Waals surface area contributed by atoms with Gasteiger partial charge in [0.2, 0.25) is 0 Å². The van der Waals surface area contributed by atoms with Crippen molar-refractivity contribution in [2.45, 2.75) is 11.5 Å². The SMILES string of the molecule is OC(CCl)C(Cl)CCl. The predicted molar refractivity (Wildman–Crippen MR) is 37.1 cm³/mol. The Balaban J connectivity index is 3.29. The third kappa shape index (κ3) is 2.98. The summed E-state index contributed by atoms with van der Waals surface area (Å²) in [6.07, 6.45) is -0.684. The predicted octanol–water partition coefficient (Wildman–Crippen LogP) is 1.43. The van der Waals surface area contributed by atoms with Crippen LogP contribution in [0.15, 0.2) is 0 Å². The number of hydrogen-bond donors (Lipinski definition) is 1. The summed E-state index contributed by atoms with van der Waals surface area (Å²) in [4.78, 5) is 0. The number of hydrogen-bond acceptors (Lipinski definition) is 1. The Labute approximate surface area is 63.5 Å². The van der Waals surface area contributed by atoms with Crippen LogP contribution < -0.4 is 0 Å². The molecule has 0 aromatic heterocycles. The lowest BCUT2D eigenvalue weighted by molar-refractivity contribution is 0.198. The molecule has 0 aliphatic rings. The monoisotopic (exact) mass is 176 g/mol. The van der Waals surface area contributed by atoms with E-state index in [9.17, 15) is 0 Å². The van der Waals surface area contributed by atoms with Crippen molar-refractivity contribution in [3.63, 3.8) is 0 Å².